The molecule has 0 spiro atoms. The Bertz CT molecular complexity index is 395. The Kier molecular flexibility index (Phi) is 5.38. The minimum absolute atomic E-state index is 0.350. The van der Waals surface area contributed by atoms with E-state index in [9.17, 15) is 4.79 Å². The maximum absolute atomic E-state index is 10.9. The van der Waals surface area contributed by atoms with Crippen molar-refractivity contribution in [2.75, 3.05) is 19.8 Å². The first-order valence-corrected chi connectivity index (χ1v) is 5.30. The molecule has 0 bridgehead atoms. The fourth-order valence-electron chi connectivity index (χ4n) is 1.13. The maximum atomic E-state index is 10.9. The lowest BCUT2D eigenvalue weighted by Gasteiger charge is -2.07. The summed E-state index contributed by atoms with van der Waals surface area (Å²) in [5, 5.41) is 11.1. The second-order valence-electron chi connectivity index (χ2n) is 3.13. The summed E-state index contributed by atoms with van der Waals surface area (Å²) >= 11 is 0. The zero-order valence-corrected chi connectivity index (χ0v) is 9.60. The van der Waals surface area contributed by atoms with Crippen LogP contribution in [0.25, 0.3) is 0 Å². The Balaban J connectivity index is 2.22. The largest absolute Gasteiger partial charge is 0.492 e. The summed E-state index contributed by atoms with van der Waals surface area (Å²) in [5.41, 5.74) is 0.585. The molecule has 5 nitrogen and oxygen atoms in total. The summed E-state index contributed by atoms with van der Waals surface area (Å²) in [7, 11) is 0. The van der Waals surface area contributed by atoms with Gasteiger partial charge in [0.25, 0.3) is 0 Å². The molecule has 5 heteroatoms. The van der Waals surface area contributed by atoms with E-state index in [0.29, 0.717) is 31.1 Å². The van der Waals surface area contributed by atoms with Crippen molar-refractivity contribution in [3.05, 3.63) is 29.8 Å². The number of nitrogens with zero attached hydrogens (tertiary/aromatic N) is 1. The van der Waals surface area contributed by atoms with Crippen LogP contribution in [-0.2, 0) is 4.74 Å². The van der Waals surface area contributed by atoms with Gasteiger partial charge in [0.1, 0.15) is 12.4 Å². The van der Waals surface area contributed by atoms with Gasteiger partial charge in [0.05, 0.1) is 24.8 Å². The van der Waals surface area contributed by atoms with Crippen LogP contribution in [0.5, 0.6) is 5.75 Å². The van der Waals surface area contributed by atoms with Crippen molar-refractivity contribution < 1.29 is 14.3 Å². The summed E-state index contributed by atoms with van der Waals surface area (Å²) in [6.07, 6.45) is -0.448. The van der Waals surface area contributed by atoms with Crippen LogP contribution >= 0.6 is 0 Å². The normalized spacial score (nSPS) is 9.18. The average Bonchev–Trinajstić information content (AvgIpc) is 2.36. The smallest absolute Gasteiger partial charge is 0.407 e. The van der Waals surface area contributed by atoms with Crippen molar-refractivity contribution in [3.8, 4) is 11.8 Å². The number of amides is 1. The summed E-state index contributed by atoms with van der Waals surface area (Å²) < 4.78 is 10.0. The van der Waals surface area contributed by atoms with Crippen molar-refractivity contribution in [2.24, 2.45) is 0 Å². The number of ether oxygens (including phenoxy) is 2. The molecule has 1 aromatic rings. The predicted molar refractivity (Wildman–Crippen MR) is 61.7 cm³/mol. The van der Waals surface area contributed by atoms with Crippen molar-refractivity contribution in [3.63, 3.8) is 0 Å². The van der Waals surface area contributed by atoms with Gasteiger partial charge in [-0.25, -0.2) is 4.79 Å². The Morgan fingerprint density at radius 1 is 1.41 bits per heavy atom. The van der Waals surface area contributed by atoms with E-state index < -0.39 is 6.09 Å². The fraction of sp³-hybridized carbons (Fsp3) is 0.333. The molecule has 0 aliphatic heterocycles. The van der Waals surface area contributed by atoms with E-state index in [4.69, 9.17) is 10.00 Å². The SMILES string of the molecule is CCOC(=O)NCCOc1ccc(C#N)cc1. The van der Waals surface area contributed by atoms with Crippen molar-refractivity contribution in [2.45, 2.75) is 6.92 Å². The third kappa shape index (κ3) is 4.89. The summed E-state index contributed by atoms with van der Waals surface area (Å²) in [5.74, 6) is 0.662. The summed E-state index contributed by atoms with van der Waals surface area (Å²) in [4.78, 5) is 10.9. The number of carbonyl (C=O) groups is 1. The van der Waals surface area contributed by atoms with E-state index in [1.54, 1.807) is 31.2 Å². The molecule has 0 heterocycles. The molecule has 0 aromatic heterocycles. The van der Waals surface area contributed by atoms with E-state index >= 15 is 0 Å². The third-order valence-corrected chi connectivity index (χ3v) is 1.90. The number of hydrogen-bond acceptors (Lipinski definition) is 4. The molecular weight excluding hydrogens is 220 g/mol. The van der Waals surface area contributed by atoms with Crippen LogP contribution in [0.1, 0.15) is 12.5 Å². The molecule has 90 valence electrons. The average molecular weight is 234 g/mol. The number of carbonyl (C=O) groups excluding carboxylic acids is 1. The zero-order chi connectivity index (χ0) is 12.5. The molecular formula is C12H14N2O3. The first kappa shape index (κ1) is 12.8. The first-order valence-electron chi connectivity index (χ1n) is 5.30. The van der Waals surface area contributed by atoms with Crippen LogP contribution in [0.3, 0.4) is 0 Å². The molecule has 0 saturated heterocycles. The Morgan fingerprint density at radius 2 is 2.12 bits per heavy atom. The van der Waals surface area contributed by atoms with Gasteiger partial charge in [0.2, 0.25) is 0 Å². The highest BCUT2D eigenvalue weighted by Crippen LogP contribution is 2.10. The van der Waals surface area contributed by atoms with Gasteiger partial charge in [-0.1, -0.05) is 0 Å². The zero-order valence-electron chi connectivity index (χ0n) is 9.60. The van der Waals surface area contributed by atoms with Crippen LogP contribution in [0.15, 0.2) is 24.3 Å². The van der Waals surface area contributed by atoms with E-state index in [-0.39, 0.29) is 0 Å². The molecule has 1 N–H and O–H groups in total. The molecule has 0 aliphatic rings. The number of alkyl carbamates (subject to hydrolysis) is 1. The predicted octanol–water partition coefficient (Wildman–Crippen LogP) is 1.68. The van der Waals surface area contributed by atoms with Crippen LogP contribution in [0.4, 0.5) is 4.79 Å². The van der Waals surface area contributed by atoms with E-state index in [1.165, 1.54) is 0 Å². The highest BCUT2D eigenvalue weighted by molar-refractivity contribution is 5.66. The fourth-order valence-corrected chi connectivity index (χ4v) is 1.13. The highest BCUT2D eigenvalue weighted by Gasteiger charge is 1.99. The summed E-state index contributed by atoms with van der Waals surface area (Å²) in [6.45, 7) is 2.82. The standard InChI is InChI=1S/C12H14N2O3/c1-2-16-12(15)14-7-8-17-11-5-3-10(9-13)4-6-11/h3-6H,2,7-8H2,1H3,(H,14,15). The Labute approximate surface area is 100.0 Å². The third-order valence-electron chi connectivity index (χ3n) is 1.90. The van der Waals surface area contributed by atoms with Gasteiger partial charge in [-0.15, -0.1) is 0 Å². The lowest BCUT2D eigenvalue weighted by molar-refractivity contribution is 0.150. The van der Waals surface area contributed by atoms with Gasteiger partial charge >= 0.3 is 6.09 Å². The second kappa shape index (κ2) is 7.12. The Hall–Kier alpha value is -2.22. The number of nitrogens with one attached hydrogen (secondary N) is 1. The van der Waals surface area contributed by atoms with Crippen LogP contribution in [-0.4, -0.2) is 25.9 Å². The van der Waals surface area contributed by atoms with Gasteiger partial charge < -0.3 is 14.8 Å². The highest BCUT2D eigenvalue weighted by atomic mass is 16.5. The lowest BCUT2D eigenvalue weighted by atomic mass is 10.2. The van der Waals surface area contributed by atoms with E-state index in [2.05, 4.69) is 10.1 Å². The molecule has 0 unspecified atom stereocenters. The van der Waals surface area contributed by atoms with Gasteiger partial charge in [0, 0.05) is 0 Å². The summed E-state index contributed by atoms with van der Waals surface area (Å²) in [6, 6.07) is 8.79. The van der Waals surface area contributed by atoms with Crippen LogP contribution in [0, 0.1) is 11.3 Å². The van der Waals surface area contributed by atoms with Crippen LogP contribution < -0.4 is 10.1 Å². The molecule has 0 saturated carbocycles. The van der Waals surface area contributed by atoms with Gasteiger partial charge in [-0.2, -0.15) is 5.26 Å². The quantitative estimate of drug-likeness (QED) is 0.787. The number of rotatable bonds is 5. The van der Waals surface area contributed by atoms with Crippen molar-refractivity contribution >= 4 is 6.09 Å². The minimum atomic E-state index is -0.448. The molecule has 0 radical (unpaired) electrons. The molecule has 0 atom stereocenters. The number of nitriles is 1. The van der Waals surface area contributed by atoms with Crippen molar-refractivity contribution in [1.29, 1.82) is 5.26 Å². The topological polar surface area (TPSA) is 71.3 Å². The van der Waals surface area contributed by atoms with Gasteiger partial charge in [-0.3, -0.25) is 0 Å². The molecule has 0 aliphatic carbocycles. The first-order chi connectivity index (χ1) is 8.26. The number of hydrogen-bond donors (Lipinski definition) is 1. The molecule has 1 rings (SSSR count). The van der Waals surface area contributed by atoms with Gasteiger partial charge in [0.15, 0.2) is 0 Å². The maximum Gasteiger partial charge on any atom is 0.407 e. The number of benzene rings is 1. The second-order valence-corrected chi connectivity index (χ2v) is 3.13. The Morgan fingerprint density at radius 3 is 2.71 bits per heavy atom. The minimum Gasteiger partial charge on any atom is -0.492 e. The molecule has 1 amide bonds. The van der Waals surface area contributed by atoms with Crippen molar-refractivity contribution in [1.82, 2.24) is 5.32 Å². The van der Waals surface area contributed by atoms with E-state index in [0.717, 1.165) is 0 Å². The van der Waals surface area contributed by atoms with Crippen LogP contribution in [0.2, 0.25) is 0 Å². The van der Waals surface area contributed by atoms with Gasteiger partial charge in [-0.05, 0) is 31.2 Å². The monoisotopic (exact) mass is 234 g/mol. The molecule has 0 fully saturated rings. The lowest BCUT2D eigenvalue weighted by Crippen LogP contribution is -2.28. The van der Waals surface area contributed by atoms with E-state index in [1.807, 2.05) is 6.07 Å². The molecule has 1 aromatic carbocycles. The molecule has 17 heavy (non-hydrogen) atoms.